The molecule has 1 amide bonds. The Morgan fingerprint density at radius 2 is 1.96 bits per heavy atom. The zero-order chi connectivity index (χ0) is 17.5. The molecule has 4 nitrogen and oxygen atoms in total. The highest BCUT2D eigenvalue weighted by Gasteiger charge is 2.11. The molecule has 0 spiro atoms. The number of anilines is 1. The molecule has 0 saturated heterocycles. The smallest absolute Gasteiger partial charge is 0.337 e. The Bertz CT molecular complexity index is 749. The minimum absolute atomic E-state index is 0.191. The Kier molecular flexibility index (Phi) is 6.37. The third-order valence-corrected chi connectivity index (χ3v) is 4.41. The predicted molar refractivity (Wildman–Crippen MR) is 92.9 cm³/mol. The lowest BCUT2D eigenvalue weighted by Crippen LogP contribution is -2.14. The maximum absolute atomic E-state index is 13.5. The van der Waals surface area contributed by atoms with Gasteiger partial charge in [-0.3, -0.25) is 4.79 Å². The largest absolute Gasteiger partial charge is 0.465 e. The van der Waals surface area contributed by atoms with Crippen LogP contribution in [0.5, 0.6) is 0 Å². The lowest BCUT2D eigenvalue weighted by atomic mass is 10.1. The molecule has 126 valence electrons. The second kappa shape index (κ2) is 8.49. The molecule has 2 aromatic rings. The third kappa shape index (κ3) is 4.83. The van der Waals surface area contributed by atoms with Gasteiger partial charge in [0.05, 0.1) is 12.7 Å². The first kappa shape index (κ1) is 18.0. The normalized spacial score (nSPS) is 10.3. The number of ether oxygens (including phenoxy) is 1. The average Bonchev–Trinajstić information content (AvgIpc) is 2.58. The van der Waals surface area contributed by atoms with Crippen LogP contribution in [-0.2, 0) is 9.53 Å². The average molecular weight is 347 g/mol. The summed E-state index contributed by atoms with van der Waals surface area (Å²) in [6.45, 7) is 1.84. The van der Waals surface area contributed by atoms with E-state index in [1.165, 1.54) is 24.9 Å². The second-order valence-corrected chi connectivity index (χ2v) is 6.24. The van der Waals surface area contributed by atoms with Crippen LogP contribution in [0.4, 0.5) is 10.1 Å². The van der Waals surface area contributed by atoms with E-state index in [0.717, 1.165) is 5.56 Å². The molecule has 0 bridgehead atoms. The van der Waals surface area contributed by atoms with Crippen molar-refractivity contribution >= 4 is 29.3 Å². The van der Waals surface area contributed by atoms with Crippen LogP contribution in [-0.4, -0.2) is 24.7 Å². The minimum atomic E-state index is -0.458. The number of hydrogen-bond acceptors (Lipinski definition) is 4. The van der Waals surface area contributed by atoms with Crippen molar-refractivity contribution in [1.29, 1.82) is 0 Å². The van der Waals surface area contributed by atoms with E-state index < -0.39 is 5.97 Å². The fourth-order valence-electron chi connectivity index (χ4n) is 2.03. The van der Waals surface area contributed by atoms with E-state index in [2.05, 4.69) is 10.1 Å². The number of thioether (sulfide) groups is 1. The van der Waals surface area contributed by atoms with E-state index in [-0.39, 0.29) is 18.1 Å². The van der Waals surface area contributed by atoms with Crippen molar-refractivity contribution in [3.63, 3.8) is 0 Å². The van der Waals surface area contributed by atoms with E-state index in [0.29, 0.717) is 21.9 Å². The molecule has 0 heterocycles. The lowest BCUT2D eigenvalue weighted by molar-refractivity contribution is -0.115. The summed E-state index contributed by atoms with van der Waals surface area (Å²) in [6.07, 6.45) is 0.237. The standard InChI is InChI=1S/C18H18FNO3S/c1-12-7-8-13(18(22)23-2)11-15(12)20-17(21)9-10-24-16-6-4-3-5-14(16)19/h3-8,11H,9-10H2,1-2H3,(H,20,21). The first-order valence-corrected chi connectivity index (χ1v) is 8.36. The Morgan fingerprint density at radius 3 is 2.67 bits per heavy atom. The third-order valence-electron chi connectivity index (χ3n) is 3.36. The second-order valence-electron chi connectivity index (χ2n) is 5.10. The minimum Gasteiger partial charge on any atom is -0.465 e. The number of aryl methyl sites for hydroxylation is 1. The lowest BCUT2D eigenvalue weighted by Gasteiger charge is -2.10. The van der Waals surface area contributed by atoms with Gasteiger partial charge < -0.3 is 10.1 Å². The number of rotatable bonds is 6. The molecular formula is C18H18FNO3S. The van der Waals surface area contributed by atoms with Gasteiger partial charge >= 0.3 is 5.97 Å². The van der Waals surface area contributed by atoms with Crippen molar-refractivity contribution in [3.05, 3.63) is 59.4 Å². The summed E-state index contributed by atoms with van der Waals surface area (Å²) in [4.78, 5) is 24.1. The Hall–Kier alpha value is -2.34. The van der Waals surface area contributed by atoms with Crippen LogP contribution in [0.15, 0.2) is 47.4 Å². The van der Waals surface area contributed by atoms with Gasteiger partial charge in [-0.2, -0.15) is 0 Å². The molecule has 0 aliphatic rings. The molecule has 6 heteroatoms. The van der Waals surface area contributed by atoms with Crippen LogP contribution in [0, 0.1) is 12.7 Å². The van der Waals surface area contributed by atoms with Gasteiger partial charge in [-0.05, 0) is 36.8 Å². The number of benzene rings is 2. The summed E-state index contributed by atoms with van der Waals surface area (Å²) in [5.41, 5.74) is 1.79. The van der Waals surface area contributed by atoms with E-state index in [9.17, 15) is 14.0 Å². The van der Waals surface area contributed by atoms with E-state index >= 15 is 0 Å². The molecule has 0 saturated carbocycles. The summed E-state index contributed by atoms with van der Waals surface area (Å²) in [6, 6.07) is 11.4. The zero-order valence-corrected chi connectivity index (χ0v) is 14.3. The number of methoxy groups -OCH3 is 1. The monoisotopic (exact) mass is 347 g/mol. The van der Waals surface area contributed by atoms with Crippen molar-refractivity contribution in [2.75, 3.05) is 18.2 Å². The molecule has 2 aromatic carbocycles. The molecule has 24 heavy (non-hydrogen) atoms. The van der Waals surface area contributed by atoms with Gasteiger partial charge in [0.2, 0.25) is 5.91 Å². The summed E-state index contributed by atoms with van der Waals surface area (Å²) in [7, 11) is 1.31. The quantitative estimate of drug-likeness (QED) is 0.633. The van der Waals surface area contributed by atoms with Gasteiger partial charge in [-0.15, -0.1) is 11.8 Å². The topological polar surface area (TPSA) is 55.4 Å². The highest BCUT2D eigenvalue weighted by molar-refractivity contribution is 7.99. The number of carbonyl (C=O) groups is 2. The highest BCUT2D eigenvalue weighted by atomic mass is 32.2. The van der Waals surface area contributed by atoms with Gasteiger partial charge in [0.15, 0.2) is 0 Å². The maximum atomic E-state index is 13.5. The number of esters is 1. The number of carbonyl (C=O) groups excluding carboxylic acids is 2. The Morgan fingerprint density at radius 1 is 1.21 bits per heavy atom. The molecule has 0 unspecified atom stereocenters. The van der Waals surface area contributed by atoms with Gasteiger partial charge in [0, 0.05) is 22.8 Å². The van der Waals surface area contributed by atoms with Crippen LogP contribution >= 0.6 is 11.8 Å². The first-order chi connectivity index (χ1) is 11.5. The summed E-state index contributed by atoms with van der Waals surface area (Å²) >= 11 is 1.29. The molecule has 0 atom stereocenters. The highest BCUT2D eigenvalue weighted by Crippen LogP contribution is 2.22. The molecule has 0 fully saturated rings. The van der Waals surface area contributed by atoms with Crippen LogP contribution < -0.4 is 5.32 Å². The van der Waals surface area contributed by atoms with Crippen molar-refractivity contribution < 1.29 is 18.7 Å². The van der Waals surface area contributed by atoms with E-state index in [1.807, 2.05) is 6.92 Å². The van der Waals surface area contributed by atoms with E-state index in [4.69, 9.17) is 0 Å². The fraction of sp³-hybridized carbons (Fsp3) is 0.222. The molecular weight excluding hydrogens is 329 g/mol. The van der Waals surface area contributed by atoms with Crippen molar-refractivity contribution in [1.82, 2.24) is 0 Å². The molecule has 0 aliphatic heterocycles. The Balaban J connectivity index is 1.92. The first-order valence-electron chi connectivity index (χ1n) is 7.37. The molecule has 1 N–H and O–H groups in total. The van der Waals surface area contributed by atoms with Gasteiger partial charge in [0.25, 0.3) is 0 Å². The SMILES string of the molecule is COC(=O)c1ccc(C)c(NC(=O)CCSc2ccccc2F)c1. The van der Waals surface area contributed by atoms with Gasteiger partial charge in [0.1, 0.15) is 5.82 Å². The van der Waals surface area contributed by atoms with Gasteiger partial charge in [-0.25, -0.2) is 9.18 Å². The number of amides is 1. The maximum Gasteiger partial charge on any atom is 0.337 e. The number of hydrogen-bond donors (Lipinski definition) is 1. The number of nitrogens with one attached hydrogen (secondary N) is 1. The summed E-state index contributed by atoms with van der Waals surface area (Å²) in [5, 5.41) is 2.78. The van der Waals surface area contributed by atoms with Crippen LogP contribution in [0.3, 0.4) is 0 Å². The number of halogens is 1. The molecule has 0 aromatic heterocycles. The predicted octanol–water partition coefficient (Wildman–Crippen LogP) is 4.04. The molecule has 0 radical (unpaired) electrons. The van der Waals surface area contributed by atoms with Crippen molar-refractivity contribution in [2.45, 2.75) is 18.2 Å². The van der Waals surface area contributed by atoms with Crippen molar-refractivity contribution in [2.24, 2.45) is 0 Å². The molecule has 2 rings (SSSR count). The van der Waals surface area contributed by atoms with Crippen LogP contribution in [0.1, 0.15) is 22.3 Å². The molecule has 0 aliphatic carbocycles. The van der Waals surface area contributed by atoms with Crippen LogP contribution in [0.25, 0.3) is 0 Å². The van der Waals surface area contributed by atoms with Gasteiger partial charge in [-0.1, -0.05) is 18.2 Å². The summed E-state index contributed by atoms with van der Waals surface area (Å²) in [5.74, 6) is -0.475. The zero-order valence-electron chi connectivity index (χ0n) is 13.5. The Labute approximate surface area is 144 Å². The van der Waals surface area contributed by atoms with E-state index in [1.54, 1.807) is 36.4 Å². The summed E-state index contributed by atoms with van der Waals surface area (Å²) < 4.78 is 18.2. The fourth-order valence-corrected chi connectivity index (χ4v) is 2.92. The van der Waals surface area contributed by atoms with Crippen molar-refractivity contribution in [3.8, 4) is 0 Å². The van der Waals surface area contributed by atoms with Crippen LogP contribution in [0.2, 0.25) is 0 Å².